The van der Waals surface area contributed by atoms with Crippen molar-refractivity contribution in [1.82, 2.24) is 0 Å². The van der Waals surface area contributed by atoms with Crippen LogP contribution in [0.5, 0.6) is 0 Å². The number of fused-ring (bicyclic) bond motifs is 1. The summed E-state index contributed by atoms with van der Waals surface area (Å²) in [6.45, 7) is 39.6. The first kappa shape index (κ1) is 37.8. The van der Waals surface area contributed by atoms with Gasteiger partial charge in [-0.3, -0.25) is 0 Å². The first-order chi connectivity index (χ1) is 20.2. The molecule has 2 aliphatic carbocycles. The van der Waals surface area contributed by atoms with Gasteiger partial charge in [0, 0.05) is 11.3 Å². The van der Waals surface area contributed by atoms with Gasteiger partial charge in [-0.05, 0) is 88.7 Å². The van der Waals surface area contributed by atoms with E-state index in [-0.39, 0.29) is 21.7 Å². The molecule has 0 bridgehead atoms. The number of hydrogen-bond acceptors (Lipinski definition) is 0. The molecule has 3 rings (SSSR count). The number of benzene rings is 1. The molecule has 0 radical (unpaired) electrons. The Kier molecular flexibility index (Phi) is 12.4. The van der Waals surface area contributed by atoms with Crippen molar-refractivity contribution in [2.75, 3.05) is 0 Å². The lowest BCUT2D eigenvalue weighted by molar-refractivity contribution is 0.313. The summed E-state index contributed by atoms with van der Waals surface area (Å²) in [5.74, 6) is 0.817. The van der Waals surface area contributed by atoms with Gasteiger partial charge in [0.1, 0.15) is 0 Å². The van der Waals surface area contributed by atoms with Crippen molar-refractivity contribution in [3.8, 4) is 0 Å². The summed E-state index contributed by atoms with van der Waals surface area (Å²) < 4.78 is 0. The molecule has 44 heavy (non-hydrogen) atoms. The van der Waals surface area contributed by atoms with Crippen LogP contribution in [0.15, 0.2) is 82.5 Å². The molecule has 0 saturated carbocycles. The third kappa shape index (κ3) is 8.27. The van der Waals surface area contributed by atoms with Gasteiger partial charge in [0.25, 0.3) is 0 Å². The average Bonchev–Trinajstić information content (AvgIpc) is 3.49. The van der Waals surface area contributed by atoms with Crippen molar-refractivity contribution < 1.29 is 0 Å². The number of allylic oxidation sites excluding steroid dienone is 12. The van der Waals surface area contributed by atoms with Gasteiger partial charge >= 0.3 is 0 Å². The average molecular weight is 597 g/mol. The van der Waals surface area contributed by atoms with E-state index in [1.165, 1.54) is 27.8 Å². The van der Waals surface area contributed by atoms with Crippen molar-refractivity contribution in [3.05, 3.63) is 99.2 Å². The Labute approximate surface area is 274 Å². The third-order valence-corrected chi connectivity index (χ3v) is 10.1. The largest absolute Gasteiger partial charge is 0.0877 e. The molecule has 0 saturated heterocycles. The van der Waals surface area contributed by atoms with Gasteiger partial charge in [-0.15, -0.1) is 0 Å². The fourth-order valence-corrected chi connectivity index (χ4v) is 6.88. The Morgan fingerprint density at radius 1 is 0.909 bits per heavy atom. The van der Waals surface area contributed by atoms with Crippen LogP contribution in [0.3, 0.4) is 0 Å². The summed E-state index contributed by atoms with van der Waals surface area (Å²) in [7, 11) is 0. The Morgan fingerprint density at radius 3 is 2.00 bits per heavy atom. The third-order valence-electron chi connectivity index (χ3n) is 10.1. The maximum Gasteiger partial charge on any atom is 0.0155 e. The quantitative estimate of drug-likeness (QED) is 0.262. The van der Waals surface area contributed by atoms with Crippen LogP contribution in [-0.2, 0) is 5.41 Å². The summed E-state index contributed by atoms with van der Waals surface area (Å²) in [5.41, 5.74) is 14.2. The van der Waals surface area contributed by atoms with Crippen LogP contribution in [0.2, 0.25) is 0 Å². The molecule has 2 aliphatic rings. The SMILES string of the molecule is C/C=C\C=C/C/C(=C/C(C)C(C)(C)C)C1=C(CC)C(C(C)(C)C2=C(C)CC(C(C)(C)C)=C2)c2cc(C(C)(C)C)ccc21.CC. The van der Waals surface area contributed by atoms with Crippen LogP contribution in [0.1, 0.15) is 160 Å². The lowest BCUT2D eigenvalue weighted by Gasteiger charge is -2.37. The van der Waals surface area contributed by atoms with Crippen molar-refractivity contribution in [3.63, 3.8) is 0 Å². The normalized spacial score (nSPS) is 19.2. The van der Waals surface area contributed by atoms with Crippen LogP contribution in [0.4, 0.5) is 0 Å². The fourth-order valence-electron chi connectivity index (χ4n) is 6.88. The van der Waals surface area contributed by atoms with E-state index >= 15 is 0 Å². The molecule has 0 aromatic heterocycles. The van der Waals surface area contributed by atoms with Gasteiger partial charge in [-0.1, -0.05) is 175 Å². The molecule has 0 aliphatic heterocycles. The van der Waals surface area contributed by atoms with Crippen LogP contribution >= 0.6 is 0 Å². The lowest BCUT2D eigenvalue weighted by atomic mass is 9.66. The Morgan fingerprint density at radius 2 is 1.52 bits per heavy atom. The minimum atomic E-state index is -0.0169. The summed E-state index contributed by atoms with van der Waals surface area (Å²) in [5, 5.41) is 0. The highest BCUT2D eigenvalue weighted by molar-refractivity contribution is 5.89. The van der Waals surface area contributed by atoms with E-state index in [0.29, 0.717) is 11.8 Å². The first-order valence-corrected chi connectivity index (χ1v) is 17.5. The van der Waals surface area contributed by atoms with Gasteiger partial charge < -0.3 is 0 Å². The molecule has 0 nitrogen and oxygen atoms in total. The summed E-state index contributed by atoms with van der Waals surface area (Å²) in [6, 6.07) is 7.44. The summed E-state index contributed by atoms with van der Waals surface area (Å²) in [4.78, 5) is 0. The molecule has 0 N–H and O–H groups in total. The topological polar surface area (TPSA) is 0 Å². The molecule has 0 fully saturated rings. The highest BCUT2D eigenvalue weighted by atomic mass is 14.5. The van der Waals surface area contributed by atoms with Gasteiger partial charge in [0.2, 0.25) is 0 Å². The van der Waals surface area contributed by atoms with E-state index in [2.05, 4.69) is 159 Å². The number of hydrogen-bond donors (Lipinski definition) is 0. The maximum atomic E-state index is 2.60. The zero-order chi connectivity index (χ0) is 33.8. The van der Waals surface area contributed by atoms with Crippen molar-refractivity contribution in [2.24, 2.45) is 22.2 Å². The zero-order valence-corrected chi connectivity index (χ0v) is 32.0. The van der Waals surface area contributed by atoms with Crippen LogP contribution < -0.4 is 0 Å². The smallest absolute Gasteiger partial charge is 0.0155 e. The van der Waals surface area contributed by atoms with Crippen molar-refractivity contribution >= 4 is 5.57 Å². The van der Waals surface area contributed by atoms with Crippen LogP contribution in [0, 0.1) is 22.2 Å². The Balaban J connectivity index is 0.00000330. The second kappa shape index (κ2) is 14.4. The van der Waals surface area contributed by atoms with Crippen molar-refractivity contribution in [1.29, 1.82) is 0 Å². The van der Waals surface area contributed by atoms with Gasteiger partial charge in [0.15, 0.2) is 0 Å². The molecule has 2 unspecified atom stereocenters. The molecule has 0 amide bonds. The van der Waals surface area contributed by atoms with E-state index < -0.39 is 0 Å². The van der Waals surface area contributed by atoms with E-state index in [4.69, 9.17) is 0 Å². The minimum Gasteiger partial charge on any atom is -0.0877 e. The van der Waals surface area contributed by atoms with Gasteiger partial charge in [-0.2, -0.15) is 0 Å². The maximum absolute atomic E-state index is 2.60. The van der Waals surface area contributed by atoms with Crippen LogP contribution in [0.25, 0.3) is 5.57 Å². The number of rotatable bonds is 8. The molecule has 244 valence electrons. The zero-order valence-electron chi connectivity index (χ0n) is 32.0. The van der Waals surface area contributed by atoms with Crippen LogP contribution in [-0.4, -0.2) is 0 Å². The molecule has 1 aromatic carbocycles. The van der Waals surface area contributed by atoms with Gasteiger partial charge in [0.05, 0.1) is 0 Å². The molecule has 1 aromatic rings. The lowest BCUT2D eigenvalue weighted by Crippen LogP contribution is -2.25. The summed E-state index contributed by atoms with van der Waals surface area (Å²) in [6.07, 6.45) is 17.1. The highest BCUT2D eigenvalue weighted by Gasteiger charge is 2.44. The molecule has 2 atom stereocenters. The Hall–Kier alpha value is -2.34. The Bertz CT molecular complexity index is 1340. The molecular weight excluding hydrogens is 528 g/mol. The fraction of sp³-hybridized carbons (Fsp3) is 0.591. The minimum absolute atomic E-state index is 0.0169. The standard InChI is InChI=1S/C42H62.C2H6/c1-16-18-19-20-21-30(25-29(4)39(5,6)7)37-33(17-2)38(35-26-31(40(8,9)10)22-23-34(35)37)42(14,15)36-27-32(24-28(36)3)41(11,12)13;1-2/h16,18-20,22-23,25-27,29,38H,17,21,24H2,1-15H3;1-2H3/b18-16-,20-19-,30-25-;. The van der Waals surface area contributed by atoms with Gasteiger partial charge in [-0.25, -0.2) is 0 Å². The molecule has 0 spiro atoms. The van der Waals surface area contributed by atoms with E-state index in [9.17, 15) is 0 Å². The molecule has 0 heterocycles. The van der Waals surface area contributed by atoms with E-state index in [1.54, 1.807) is 22.3 Å². The predicted octanol–water partition coefficient (Wildman–Crippen LogP) is 14.1. The second-order valence-electron chi connectivity index (χ2n) is 16.8. The molecular formula is C44H68. The summed E-state index contributed by atoms with van der Waals surface area (Å²) >= 11 is 0. The van der Waals surface area contributed by atoms with E-state index in [0.717, 1.165) is 19.3 Å². The van der Waals surface area contributed by atoms with Crippen molar-refractivity contribution in [2.45, 2.75) is 148 Å². The highest BCUT2D eigenvalue weighted by Crippen LogP contribution is 2.59. The van der Waals surface area contributed by atoms with E-state index in [1.807, 2.05) is 13.8 Å². The monoisotopic (exact) mass is 597 g/mol. The first-order valence-electron chi connectivity index (χ1n) is 17.5. The molecule has 0 heteroatoms. The second-order valence-corrected chi connectivity index (χ2v) is 16.8. The predicted molar refractivity (Wildman–Crippen MR) is 200 cm³/mol.